The lowest BCUT2D eigenvalue weighted by atomic mass is 10.2. The molecule has 1 amide bonds. The van der Waals surface area contributed by atoms with Gasteiger partial charge in [-0.2, -0.15) is 0 Å². The molecule has 0 saturated carbocycles. The number of anilines is 2. The summed E-state index contributed by atoms with van der Waals surface area (Å²) < 4.78 is 17.8. The van der Waals surface area contributed by atoms with Gasteiger partial charge in [0.1, 0.15) is 23.1 Å². The van der Waals surface area contributed by atoms with E-state index in [0.29, 0.717) is 17.4 Å². The van der Waals surface area contributed by atoms with Crippen LogP contribution in [0.3, 0.4) is 0 Å². The summed E-state index contributed by atoms with van der Waals surface area (Å²) in [4.78, 5) is 20.2. The molecule has 2 aromatic heterocycles. The molecule has 0 saturated heterocycles. The van der Waals surface area contributed by atoms with Crippen LogP contribution in [-0.4, -0.2) is 21.0 Å². The summed E-state index contributed by atoms with van der Waals surface area (Å²) in [5.74, 6) is 0.938. The highest BCUT2D eigenvalue weighted by molar-refractivity contribution is 5.92. The van der Waals surface area contributed by atoms with Gasteiger partial charge in [0, 0.05) is 12.6 Å². The number of nitrogens with one attached hydrogen (secondary N) is 2. The molecule has 0 aliphatic heterocycles. The third kappa shape index (κ3) is 3.92. The van der Waals surface area contributed by atoms with Gasteiger partial charge >= 0.3 is 0 Å². The Morgan fingerprint density at radius 3 is 2.58 bits per heavy atom. The fraction of sp³-hybridized carbons (Fsp3) is 0.125. The van der Waals surface area contributed by atoms with E-state index in [2.05, 4.69) is 25.8 Å². The van der Waals surface area contributed by atoms with E-state index in [-0.39, 0.29) is 24.0 Å². The number of hydrogen-bond acceptors (Lipinski definition) is 6. The first-order valence-electron chi connectivity index (χ1n) is 7.15. The lowest BCUT2D eigenvalue weighted by Gasteiger charge is -2.05. The Morgan fingerprint density at radius 1 is 1.17 bits per heavy atom. The zero-order valence-corrected chi connectivity index (χ0v) is 12.8. The van der Waals surface area contributed by atoms with Crippen molar-refractivity contribution in [2.24, 2.45) is 0 Å². The maximum absolute atomic E-state index is 12.8. The van der Waals surface area contributed by atoms with Crippen LogP contribution in [0.4, 0.5) is 16.0 Å². The molecular formula is C16H14FN5O2. The third-order valence-corrected chi connectivity index (χ3v) is 3.13. The number of carbonyl (C=O) groups is 1. The lowest BCUT2D eigenvalue weighted by molar-refractivity contribution is 0.0945. The number of hydrogen-bond donors (Lipinski definition) is 2. The summed E-state index contributed by atoms with van der Waals surface area (Å²) in [6.07, 6.45) is 2.78. The lowest BCUT2D eigenvalue weighted by Crippen LogP contribution is -2.24. The molecule has 0 atom stereocenters. The molecule has 0 aliphatic rings. The zero-order chi connectivity index (χ0) is 16.9. The summed E-state index contributed by atoms with van der Waals surface area (Å²) in [5.41, 5.74) is 0.969. The minimum Gasteiger partial charge on any atom is -0.360 e. The number of rotatable bonds is 5. The summed E-state index contributed by atoms with van der Waals surface area (Å²) in [7, 11) is 0. The summed E-state index contributed by atoms with van der Waals surface area (Å²) >= 11 is 0. The van der Waals surface area contributed by atoms with Gasteiger partial charge in [0.05, 0.1) is 12.4 Å². The van der Waals surface area contributed by atoms with Crippen LogP contribution >= 0.6 is 0 Å². The Kier molecular flexibility index (Phi) is 4.46. The van der Waals surface area contributed by atoms with Gasteiger partial charge in [-0.05, 0) is 24.6 Å². The molecule has 0 aliphatic carbocycles. The van der Waals surface area contributed by atoms with Crippen molar-refractivity contribution < 1.29 is 13.7 Å². The SMILES string of the molecule is Cc1cc(Nc2cnc(C(=O)NCc3ccc(F)cc3)cn2)no1. The van der Waals surface area contributed by atoms with E-state index >= 15 is 0 Å². The van der Waals surface area contributed by atoms with Gasteiger partial charge in [-0.15, -0.1) is 0 Å². The molecule has 122 valence electrons. The fourth-order valence-electron chi connectivity index (χ4n) is 1.94. The van der Waals surface area contributed by atoms with Crippen molar-refractivity contribution in [3.05, 3.63) is 65.6 Å². The summed E-state index contributed by atoms with van der Waals surface area (Å²) in [6, 6.07) is 7.61. The van der Waals surface area contributed by atoms with Gasteiger partial charge in [-0.3, -0.25) is 4.79 Å². The molecule has 0 spiro atoms. The second kappa shape index (κ2) is 6.86. The number of amides is 1. The number of aromatic nitrogens is 3. The minimum atomic E-state index is -0.365. The highest BCUT2D eigenvalue weighted by Crippen LogP contribution is 2.13. The van der Waals surface area contributed by atoms with E-state index in [1.165, 1.54) is 24.5 Å². The van der Waals surface area contributed by atoms with E-state index < -0.39 is 0 Å². The predicted molar refractivity (Wildman–Crippen MR) is 84.1 cm³/mol. The van der Waals surface area contributed by atoms with Gasteiger partial charge in [0.15, 0.2) is 5.82 Å². The fourth-order valence-corrected chi connectivity index (χ4v) is 1.94. The predicted octanol–water partition coefficient (Wildman–Crippen LogP) is 2.59. The third-order valence-electron chi connectivity index (χ3n) is 3.13. The van der Waals surface area contributed by atoms with Crippen LogP contribution in [0.5, 0.6) is 0 Å². The molecule has 3 rings (SSSR count). The number of carbonyl (C=O) groups excluding carboxylic acids is 1. The zero-order valence-electron chi connectivity index (χ0n) is 12.8. The van der Waals surface area contributed by atoms with Gasteiger partial charge < -0.3 is 15.2 Å². The molecule has 2 N–H and O–H groups in total. The first kappa shape index (κ1) is 15.6. The summed E-state index contributed by atoms with van der Waals surface area (Å²) in [6.45, 7) is 2.05. The molecule has 0 bridgehead atoms. The number of aryl methyl sites for hydroxylation is 1. The average Bonchev–Trinajstić information content (AvgIpc) is 2.99. The molecule has 0 radical (unpaired) electrons. The highest BCUT2D eigenvalue weighted by atomic mass is 19.1. The first-order valence-corrected chi connectivity index (χ1v) is 7.15. The van der Waals surface area contributed by atoms with Gasteiger partial charge in [0.2, 0.25) is 0 Å². The van der Waals surface area contributed by atoms with Gasteiger partial charge in [-0.1, -0.05) is 17.3 Å². The van der Waals surface area contributed by atoms with Crippen LogP contribution in [0.25, 0.3) is 0 Å². The average molecular weight is 327 g/mol. The standard InChI is InChI=1S/C16H14FN5O2/c1-10-6-14(22-24-10)21-15-9-18-13(8-19-15)16(23)20-7-11-2-4-12(17)5-3-11/h2-6,8-9H,7H2,1H3,(H,20,23)(H,19,21,22). The maximum atomic E-state index is 12.8. The van der Waals surface area contributed by atoms with E-state index in [4.69, 9.17) is 4.52 Å². The second-order valence-electron chi connectivity index (χ2n) is 5.04. The molecule has 2 heterocycles. The Morgan fingerprint density at radius 2 is 1.96 bits per heavy atom. The van der Waals surface area contributed by atoms with Crippen LogP contribution in [0.15, 0.2) is 47.2 Å². The van der Waals surface area contributed by atoms with Crippen molar-refractivity contribution in [2.45, 2.75) is 13.5 Å². The van der Waals surface area contributed by atoms with Gasteiger partial charge in [-0.25, -0.2) is 14.4 Å². The normalized spacial score (nSPS) is 10.4. The number of nitrogens with zero attached hydrogens (tertiary/aromatic N) is 3. The van der Waals surface area contributed by atoms with Crippen LogP contribution < -0.4 is 10.6 Å². The molecule has 0 unspecified atom stereocenters. The van der Waals surface area contributed by atoms with Crippen molar-refractivity contribution in [2.75, 3.05) is 5.32 Å². The van der Waals surface area contributed by atoms with Crippen LogP contribution in [0.1, 0.15) is 21.8 Å². The van der Waals surface area contributed by atoms with E-state index in [9.17, 15) is 9.18 Å². The Bertz CT molecular complexity index is 830. The van der Waals surface area contributed by atoms with E-state index in [0.717, 1.165) is 5.56 Å². The monoisotopic (exact) mass is 327 g/mol. The van der Waals surface area contributed by atoms with Gasteiger partial charge in [0.25, 0.3) is 5.91 Å². The number of halogens is 1. The molecule has 1 aromatic carbocycles. The molecule has 7 nitrogen and oxygen atoms in total. The van der Waals surface area contributed by atoms with Crippen LogP contribution in [-0.2, 0) is 6.54 Å². The molecule has 8 heteroatoms. The Balaban J connectivity index is 1.58. The topological polar surface area (TPSA) is 92.9 Å². The molecule has 3 aromatic rings. The Labute approximate surface area is 136 Å². The minimum absolute atomic E-state index is 0.180. The largest absolute Gasteiger partial charge is 0.360 e. The van der Waals surface area contributed by atoms with Crippen LogP contribution in [0, 0.1) is 12.7 Å². The Hall–Kier alpha value is -3.29. The molecule has 24 heavy (non-hydrogen) atoms. The maximum Gasteiger partial charge on any atom is 0.271 e. The summed E-state index contributed by atoms with van der Waals surface area (Å²) in [5, 5.41) is 9.38. The van der Waals surface area contributed by atoms with Crippen molar-refractivity contribution in [1.82, 2.24) is 20.4 Å². The quantitative estimate of drug-likeness (QED) is 0.748. The van der Waals surface area contributed by atoms with Crippen molar-refractivity contribution in [1.29, 1.82) is 0 Å². The molecule has 0 fully saturated rings. The number of benzene rings is 1. The van der Waals surface area contributed by atoms with Crippen LogP contribution in [0.2, 0.25) is 0 Å². The van der Waals surface area contributed by atoms with E-state index in [1.54, 1.807) is 25.1 Å². The van der Waals surface area contributed by atoms with E-state index in [1.807, 2.05) is 0 Å². The second-order valence-corrected chi connectivity index (χ2v) is 5.04. The van der Waals surface area contributed by atoms with Crippen molar-refractivity contribution >= 4 is 17.5 Å². The van der Waals surface area contributed by atoms with Crippen molar-refractivity contribution in [3.8, 4) is 0 Å². The molecular weight excluding hydrogens is 313 g/mol. The van der Waals surface area contributed by atoms with Crippen molar-refractivity contribution in [3.63, 3.8) is 0 Å². The first-order chi connectivity index (χ1) is 11.6. The smallest absolute Gasteiger partial charge is 0.271 e. The highest BCUT2D eigenvalue weighted by Gasteiger charge is 2.09.